The summed E-state index contributed by atoms with van der Waals surface area (Å²) in [5.41, 5.74) is 1.24. The van der Waals surface area contributed by atoms with Crippen molar-refractivity contribution in [3.8, 4) is 0 Å². The second-order valence-electron chi connectivity index (χ2n) is 8.87. The number of hydrogen-bond acceptors (Lipinski definition) is 4. The highest BCUT2D eigenvalue weighted by Crippen LogP contribution is 2.27. The normalized spacial score (nSPS) is 19.8. The van der Waals surface area contributed by atoms with E-state index in [2.05, 4.69) is 56.5 Å². The minimum absolute atomic E-state index is 0. The number of piperazine rings is 1. The third kappa shape index (κ3) is 8.21. The highest BCUT2D eigenvalue weighted by Gasteiger charge is 2.16. The summed E-state index contributed by atoms with van der Waals surface area (Å²) < 4.78 is 0. The summed E-state index contributed by atoms with van der Waals surface area (Å²) in [7, 11) is 4.03. The van der Waals surface area contributed by atoms with Crippen molar-refractivity contribution in [1.29, 1.82) is 0 Å². The van der Waals surface area contributed by atoms with Crippen molar-refractivity contribution >= 4 is 35.8 Å². The van der Waals surface area contributed by atoms with Crippen LogP contribution >= 0.6 is 24.0 Å². The van der Waals surface area contributed by atoms with E-state index in [1.165, 1.54) is 50.5 Å². The Labute approximate surface area is 200 Å². The first-order valence-electron chi connectivity index (χ1n) is 11.5. The van der Waals surface area contributed by atoms with Crippen molar-refractivity contribution in [2.75, 3.05) is 45.2 Å². The van der Waals surface area contributed by atoms with Gasteiger partial charge in [0.2, 0.25) is 0 Å². The van der Waals surface area contributed by atoms with Crippen LogP contribution in [-0.4, -0.2) is 62.2 Å². The Hall–Kier alpha value is -1.09. The third-order valence-corrected chi connectivity index (χ3v) is 6.44. The lowest BCUT2D eigenvalue weighted by atomic mass is 9.85. The van der Waals surface area contributed by atoms with Crippen LogP contribution in [0.1, 0.15) is 57.4 Å². The molecule has 1 unspecified atom stereocenters. The van der Waals surface area contributed by atoms with Crippen LogP contribution in [0.15, 0.2) is 23.3 Å². The lowest BCUT2D eigenvalue weighted by Crippen LogP contribution is -2.45. The van der Waals surface area contributed by atoms with E-state index in [4.69, 9.17) is 0 Å². The van der Waals surface area contributed by atoms with Crippen molar-refractivity contribution in [2.45, 2.75) is 64.5 Å². The molecule has 1 aliphatic heterocycles. The quantitative estimate of drug-likeness (QED) is 0.320. The van der Waals surface area contributed by atoms with E-state index in [1.807, 2.05) is 13.2 Å². The van der Waals surface area contributed by atoms with Crippen LogP contribution in [0, 0.1) is 5.92 Å². The Kier molecular flexibility index (Phi) is 11.2. The molecule has 0 bridgehead atoms. The monoisotopic (exact) mass is 528 g/mol. The second-order valence-corrected chi connectivity index (χ2v) is 8.87. The fourth-order valence-electron chi connectivity index (χ4n) is 4.43. The molecule has 1 aromatic rings. The Morgan fingerprint density at radius 3 is 2.63 bits per heavy atom. The summed E-state index contributed by atoms with van der Waals surface area (Å²) in [6.45, 7) is 7.31. The minimum Gasteiger partial charge on any atom is -0.354 e. The van der Waals surface area contributed by atoms with Crippen LogP contribution in [0.3, 0.4) is 0 Å². The third-order valence-electron chi connectivity index (χ3n) is 6.44. The van der Waals surface area contributed by atoms with Crippen LogP contribution in [0.25, 0.3) is 0 Å². The van der Waals surface area contributed by atoms with Gasteiger partial charge >= 0.3 is 0 Å². The van der Waals surface area contributed by atoms with E-state index in [9.17, 15) is 0 Å². The molecule has 0 radical (unpaired) electrons. The molecular weight excluding hydrogens is 487 g/mol. The minimum atomic E-state index is 0. The molecule has 7 heteroatoms. The van der Waals surface area contributed by atoms with Gasteiger partial charge in [-0.15, -0.1) is 24.0 Å². The number of aromatic nitrogens is 1. The summed E-state index contributed by atoms with van der Waals surface area (Å²) in [6.07, 6.45) is 11.6. The predicted molar refractivity (Wildman–Crippen MR) is 138 cm³/mol. The van der Waals surface area contributed by atoms with Gasteiger partial charge < -0.3 is 20.4 Å². The molecule has 6 nitrogen and oxygen atoms in total. The summed E-state index contributed by atoms with van der Waals surface area (Å²) in [5, 5.41) is 7.04. The number of halogens is 1. The topological polar surface area (TPSA) is 55.8 Å². The van der Waals surface area contributed by atoms with Gasteiger partial charge in [-0.3, -0.25) is 4.99 Å². The lowest BCUT2D eigenvalue weighted by molar-refractivity contribution is 0.312. The summed E-state index contributed by atoms with van der Waals surface area (Å²) >= 11 is 0. The number of nitrogens with one attached hydrogen (secondary N) is 2. The first-order chi connectivity index (χ1) is 14.1. The van der Waals surface area contributed by atoms with Gasteiger partial charge in [0.25, 0.3) is 0 Å². The van der Waals surface area contributed by atoms with Gasteiger partial charge in [-0.25, -0.2) is 4.98 Å². The van der Waals surface area contributed by atoms with Gasteiger partial charge in [0, 0.05) is 52.0 Å². The van der Waals surface area contributed by atoms with Crippen molar-refractivity contribution in [3.63, 3.8) is 0 Å². The molecule has 2 aliphatic rings. The van der Waals surface area contributed by atoms with Crippen LogP contribution in [0.4, 0.5) is 5.82 Å². The Morgan fingerprint density at radius 1 is 1.20 bits per heavy atom. The van der Waals surface area contributed by atoms with Gasteiger partial charge in [-0.1, -0.05) is 32.1 Å². The fraction of sp³-hybridized carbons (Fsp3) is 0.739. The number of rotatable bonds is 7. The average Bonchev–Trinajstić information content (AvgIpc) is 2.76. The van der Waals surface area contributed by atoms with Crippen molar-refractivity contribution in [2.24, 2.45) is 10.9 Å². The Morgan fingerprint density at radius 2 is 1.93 bits per heavy atom. The maximum absolute atomic E-state index is 4.59. The summed E-state index contributed by atoms with van der Waals surface area (Å²) in [5.74, 6) is 2.91. The number of pyridine rings is 1. The lowest BCUT2D eigenvalue weighted by Gasteiger charge is -2.33. The van der Waals surface area contributed by atoms with E-state index < -0.39 is 0 Å². The van der Waals surface area contributed by atoms with Crippen LogP contribution in [0.2, 0.25) is 0 Å². The Balaban J connectivity index is 0.00000320. The van der Waals surface area contributed by atoms with Crippen LogP contribution in [-0.2, 0) is 6.54 Å². The highest BCUT2D eigenvalue weighted by molar-refractivity contribution is 14.0. The molecule has 1 aromatic heterocycles. The molecule has 1 saturated heterocycles. The summed E-state index contributed by atoms with van der Waals surface area (Å²) in [6, 6.07) is 4.74. The summed E-state index contributed by atoms with van der Waals surface area (Å²) in [4.78, 5) is 13.8. The van der Waals surface area contributed by atoms with E-state index in [0.717, 1.165) is 50.4 Å². The molecule has 2 N–H and O–H groups in total. The van der Waals surface area contributed by atoms with E-state index in [-0.39, 0.29) is 24.0 Å². The number of nitrogens with zero attached hydrogens (tertiary/aromatic N) is 4. The average molecular weight is 529 g/mol. The largest absolute Gasteiger partial charge is 0.354 e. The van der Waals surface area contributed by atoms with Gasteiger partial charge in [-0.2, -0.15) is 0 Å². The number of likely N-dealkylation sites (N-methyl/N-ethyl adjacent to an activating group) is 1. The second kappa shape index (κ2) is 13.3. The molecule has 1 aliphatic carbocycles. The first kappa shape index (κ1) is 25.2. The van der Waals surface area contributed by atoms with E-state index in [0.29, 0.717) is 6.04 Å². The maximum atomic E-state index is 4.59. The van der Waals surface area contributed by atoms with E-state index in [1.54, 1.807) is 0 Å². The molecule has 1 saturated carbocycles. The van der Waals surface area contributed by atoms with Crippen molar-refractivity contribution in [3.05, 3.63) is 23.9 Å². The zero-order valence-corrected chi connectivity index (χ0v) is 21.4. The maximum Gasteiger partial charge on any atom is 0.191 e. The number of hydrogen-bond donors (Lipinski definition) is 2. The predicted octanol–water partition coefficient (Wildman–Crippen LogP) is 3.87. The van der Waals surface area contributed by atoms with Crippen LogP contribution in [0.5, 0.6) is 0 Å². The van der Waals surface area contributed by atoms with Crippen molar-refractivity contribution < 1.29 is 0 Å². The molecule has 0 amide bonds. The molecule has 2 heterocycles. The zero-order chi connectivity index (χ0) is 20.5. The standard InChI is InChI=1S/C23H40N6.HI/c1-19(9-10-20-7-5-4-6-8-20)27-23(24-2)26-18-21-11-12-25-22(17-21)29-15-13-28(3)14-16-29;/h11-12,17,19-20H,4-10,13-16,18H2,1-3H3,(H2,24,26,27);1H. The van der Waals surface area contributed by atoms with E-state index >= 15 is 0 Å². The number of guanidine groups is 1. The molecule has 0 spiro atoms. The van der Waals surface area contributed by atoms with Gasteiger partial charge in [0.15, 0.2) is 5.96 Å². The smallest absolute Gasteiger partial charge is 0.191 e. The van der Waals surface area contributed by atoms with Crippen LogP contribution < -0.4 is 15.5 Å². The van der Waals surface area contributed by atoms with Crippen molar-refractivity contribution in [1.82, 2.24) is 20.5 Å². The highest BCUT2D eigenvalue weighted by atomic mass is 127. The number of aliphatic imine (C=N–C) groups is 1. The molecule has 30 heavy (non-hydrogen) atoms. The van der Waals surface area contributed by atoms with Gasteiger partial charge in [0.1, 0.15) is 5.82 Å². The first-order valence-corrected chi connectivity index (χ1v) is 11.5. The molecule has 170 valence electrons. The SMILES string of the molecule is CN=C(NCc1ccnc(N2CCN(C)CC2)c1)NC(C)CCC1CCCCC1.I. The fourth-order valence-corrected chi connectivity index (χ4v) is 4.43. The molecular formula is C23H41IN6. The molecule has 2 fully saturated rings. The molecule has 3 rings (SSSR count). The Bertz CT molecular complexity index is 638. The molecule has 1 atom stereocenters. The van der Waals surface area contributed by atoms with Gasteiger partial charge in [0.05, 0.1) is 0 Å². The van der Waals surface area contributed by atoms with Gasteiger partial charge in [-0.05, 0) is 50.4 Å². The molecule has 0 aromatic carbocycles. The number of anilines is 1. The zero-order valence-electron chi connectivity index (χ0n) is 19.1.